The zero-order valence-electron chi connectivity index (χ0n) is 14.6. The minimum atomic E-state index is -0.561. The molecule has 0 aliphatic carbocycles. The molecule has 9 heteroatoms. The van der Waals surface area contributed by atoms with Crippen molar-refractivity contribution in [2.75, 3.05) is 36.9 Å². The molecule has 2 N–H and O–H groups in total. The van der Waals surface area contributed by atoms with Gasteiger partial charge in [0.1, 0.15) is 11.6 Å². The molecule has 0 saturated carbocycles. The summed E-state index contributed by atoms with van der Waals surface area (Å²) in [6.45, 7) is 2.56. The van der Waals surface area contributed by atoms with Gasteiger partial charge in [0.2, 0.25) is 0 Å². The molecular weight excluding hydrogens is 389 g/mol. The number of amides is 1. The molecule has 2 aromatic rings. The number of hydrogen-bond donors (Lipinski definition) is 1. The van der Waals surface area contributed by atoms with Crippen molar-refractivity contribution < 1.29 is 9.53 Å². The second-order valence-corrected chi connectivity index (χ2v) is 7.49. The zero-order valence-corrected chi connectivity index (χ0v) is 16.1. The fourth-order valence-corrected chi connectivity index (χ4v) is 4.10. The number of halogens is 2. The maximum Gasteiger partial charge on any atom is 0.253 e. The third-order valence-electron chi connectivity index (χ3n) is 4.87. The Hall–Kier alpha value is -2.09. The second kappa shape index (κ2) is 7.50. The molecule has 2 aliphatic heterocycles. The van der Waals surface area contributed by atoms with E-state index in [0.717, 1.165) is 17.5 Å². The van der Waals surface area contributed by atoms with Gasteiger partial charge >= 0.3 is 0 Å². The van der Waals surface area contributed by atoms with Crippen LogP contribution in [0.3, 0.4) is 0 Å². The fraction of sp³-hybridized carbons (Fsp3) is 0.389. The first-order valence-electron chi connectivity index (χ1n) is 8.71. The Kier molecular flexibility index (Phi) is 5.08. The van der Waals surface area contributed by atoms with E-state index in [9.17, 15) is 4.79 Å². The van der Waals surface area contributed by atoms with Crippen molar-refractivity contribution in [2.24, 2.45) is 0 Å². The molecule has 4 rings (SSSR count). The third-order valence-corrected chi connectivity index (χ3v) is 5.43. The molecule has 0 spiro atoms. The highest BCUT2D eigenvalue weighted by Gasteiger charge is 2.33. The molecule has 1 aromatic heterocycles. The molecule has 1 saturated heterocycles. The van der Waals surface area contributed by atoms with Crippen LogP contribution in [0.2, 0.25) is 10.0 Å². The van der Waals surface area contributed by atoms with Crippen molar-refractivity contribution in [1.29, 1.82) is 0 Å². The van der Waals surface area contributed by atoms with E-state index in [4.69, 9.17) is 33.7 Å². The van der Waals surface area contributed by atoms with Gasteiger partial charge in [-0.25, -0.2) is 4.98 Å². The molecule has 1 unspecified atom stereocenters. The largest absolute Gasteiger partial charge is 0.382 e. The van der Waals surface area contributed by atoms with Crippen LogP contribution in [0.1, 0.15) is 11.1 Å². The molecule has 0 radical (unpaired) electrons. The number of aromatic nitrogens is 2. The van der Waals surface area contributed by atoms with E-state index in [0.29, 0.717) is 54.5 Å². The molecule has 1 fully saturated rings. The van der Waals surface area contributed by atoms with Crippen molar-refractivity contribution in [3.05, 3.63) is 45.7 Å². The Bertz CT molecular complexity index is 879. The first-order valence-corrected chi connectivity index (χ1v) is 9.46. The highest BCUT2D eigenvalue weighted by atomic mass is 35.5. The molecule has 1 amide bonds. The Labute approximate surface area is 167 Å². The smallest absolute Gasteiger partial charge is 0.253 e. The second-order valence-electron chi connectivity index (χ2n) is 6.64. The quantitative estimate of drug-likeness (QED) is 0.820. The number of nitrogens with two attached hydrogens (primary N) is 1. The molecule has 142 valence electrons. The third kappa shape index (κ3) is 3.81. The van der Waals surface area contributed by atoms with Crippen LogP contribution >= 0.6 is 23.2 Å². The van der Waals surface area contributed by atoms with Crippen molar-refractivity contribution in [1.82, 2.24) is 14.9 Å². The summed E-state index contributed by atoms with van der Waals surface area (Å²) in [5.74, 6) is 0.953. The lowest BCUT2D eigenvalue weighted by molar-refractivity contribution is -0.145. The van der Waals surface area contributed by atoms with E-state index < -0.39 is 6.10 Å². The summed E-state index contributed by atoms with van der Waals surface area (Å²) in [6, 6.07) is 3.63. The Morgan fingerprint density at radius 1 is 1.26 bits per heavy atom. The van der Waals surface area contributed by atoms with E-state index >= 15 is 0 Å². The van der Waals surface area contributed by atoms with Crippen molar-refractivity contribution >= 4 is 40.7 Å². The summed E-state index contributed by atoms with van der Waals surface area (Å²) in [4.78, 5) is 25.1. The van der Waals surface area contributed by atoms with Crippen molar-refractivity contribution in [3.8, 4) is 0 Å². The van der Waals surface area contributed by atoms with Gasteiger partial charge in [0.25, 0.3) is 5.91 Å². The standard InChI is InChI=1S/C18H19Cl2N5O2/c19-12-5-11-1-2-25(9-13(11)14(20)6-12)18(26)15-10-24(3-4-27-15)17-8-22-7-16(21)23-17/h5-8,15H,1-4,9-10H2,(H2,21,23). The molecule has 27 heavy (non-hydrogen) atoms. The number of rotatable bonds is 2. The summed E-state index contributed by atoms with van der Waals surface area (Å²) < 4.78 is 5.75. The van der Waals surface area contributed by atoms with Crippen LogP contribution in [0.15, 0.2) is 24.5 Å². The normalized spacial score (nSPS) is 19.7. The van der Waals surface area contributed by atoms with E-state index in [1.165, 1.54) is 6.20 Å². The molecular formula is C18H19Cl2N5O2. The summed E-state index contributed by atoms with van der Waals surface area (Å²) in [5, 5.41) is 1.21. The average molecular weight is 408 g/mol. The zero-order chi connectivity index (χ0) is 19.0. The van der Waals surface area contributed by atoms with Crippen LogP contribution in [0.4, 0.5) is 11.6 Å². The monoisotopic (exact) mass is 407 g/mol. The lowest BCUT2D eigenvalue weighted by Crippen LogP contribution is -2.52. The number of nitrogen functional groups attached to an aromatic ring is 1. The van der Waals surface area contributed by atoms with Gasteiger partial charge in [-0.15, -0.1) is 0 Å². The molecule has 0 bridgehead atoms. The first-order chi connectivity index (χ1) is 13.0. The Morgan fingerprint density at radius 3 is 2.93 bits per heavy atom. The first kappa shape index (κ1) is 18.3. The van der Waals surface area contributed by atoms with Gasteiger partial charge in [0.05, 0.1) is 25.5 Å². The number of carbonyl (C=O) groups is 1. The van der Waals surface area contributed by atoms with Crippen LogP contribution < -0.4 is 10.6 Å². The minimum absolute atomic E-state index is 0.0479. The number of carbonyl (C=O) groups excluding carboxylic acids is 1. The van der Waals surface area contributed by atoms with Crippen LogP contribution in [0.5, 0.6) is 0 Å². The maximum atomic E-state index is 13.0. The number of anilines is 2. The predicted molar refractivity (Wildman–Crippen MR) is 104 cm³/mol. The van der Waals surface area contributed by atoms with Gasteiger partial charge in [0.15, 0.2) is 6.10 Å². The maximum absolute atomic E-state index is 13.0. The van der Waals surface area contributed by atoms with Crippen molar-refractivity contribution in [2.45, 2.75) is 19.1 Å². The van der Waals surface area contributed by atoms with Gasteiger partial charge in [-0.3, -0.25) is 9.78 Å². The Balaban J connectivity index is 1.48. The lowest BCUT2D eigenvalue weighted by Gasteiger charge is -2.37. The fourth-order valence-electron chi connectivity index (χ4n) is 3.50. The molecule has 2 aliphatic rings. The number of ether oxygens (including phenoxy) is 1. The SMILES string of the molecule is Nc1cncc(N2CCOC(C(=O)N3CCc4cc(Cl)cc(Cl)c4C3)C2)n1. The minimum Gasteiger partial charge on any atom is -0.382 e. The van der Waals surface area contributed by atoms with Gasteiger partial charge in [-0.1, -0.05) is 23.2 Å². The van der Waals surface area contributed by atoms with Gasteiger partial charge in [-0.2, -0.15) is 0 Å². The van der Waals surface area contributed by atoms with Crippen molar-refractivity contribution in [3.63, 3.8) is 0 Å². The van der Waals surface area contributed by atoms with E-state index in [1.807, 2.05) is 11.0 Å². The van der Waals surface area contributed by atoms with Crippen LogP contribution in [-0.2, 0) is 22.5 Å². The molecule has 1 aromatic carbocycles. The van der Waals surface area contributed by atoms with Gasteiger partial charge < -0.3 is 20.3 Å². The predicted octanol–water partition coefficient (Wildman–Crippen LogP) is 2.16. The number of nitrogens with zero attached hydrogens (tertiary/aromatic N) is 4. The van der Waals surface area contributed by atoms with E-state index in [1.54, 1.807) is 17.2 Å². The average Bonchev–Trinajstić information content (AvgIpc) is 2.67. The highest BCUT2D eigenvalue weighted by molar-refractivity contribution is 6.35. The molecule has 7 nitrogen and oxygen atoms in total. The van der Waals surface area contributed by atoms with Gasteiger partial charge in [-0.05, 0) is 29.7 Å². The summed E-state index contributed by atoms with van der Waals surface area (Å²) in [7, 11) is 0. The van der Waals surface area contributed by atoms with E-state index in [2.05, 4.69) is 9.97 Å². The van der Waals surface area contributed by atoms with Gasteiger partial charge in [0, 0.05) is 29.7 Å². The summed E-state index contributed by atoms with van der Waals surface area (Å²) >= 11 is 12.4. The molecule has 3 heterocycles. The van der Waals surface area contributed by atoms with E-state index in [-0.39, 0.29) is 5.91 Å². The summed E-state index contributed by atoms with van der Waals surface area (Å²) in [6.07, 6.45) is 3.30. The highest BCUT2D eigenvalue weighted by Crippen LogP contribution is 2.30. The summed E-state index contributed by atoms with van der Waals surface area (Å²) in [5.41, 5.74) is 7.77. The topological polar surface area (TPSA) is 84.6 Å². The number of fused-ring (bicyclic) bond motifs is 1. The lowest BCUT2D eigenvalue weighted by atomic mass is 9.99. The molecule has 1 atom stereocenters. The Morgan fingerprint density at radius 2 is 2.11 bits per heavy atom. The van der Waals surface area contributed by atoms with Crippen LogP contribution in [-0.4, -0.2) is 53.1 Å². The number of morpholine rings is 1. The van der Waals surface area contributed by atoms with Crippen LogP contribution in [0.25, 0.3) is 0 Å². The van der Waals surface area contributed by atoms with Crippen LogP contribution in [0, 0.1) is 0 Å². The number of benzene rings is 1. The number of hydrogen-bond acceptors (Lipinski definition) is 6.